The number of piperidine rings is 1. The van der Waals surface area contributed by atoms with Crippen molar-refractivity contribution < 1.29 is 4.74 Å². The lowest BCUT2D eigenvalue weighted by atomic mass is 9.93. The lowest BCUT2D eigenvalue weighted by Gasteiger charge is -2.39. The lowest BCUT2D eigenvalue weighted by molar-refractivity contribution is 0.187. The normalized spacial score (nSPS) is 21.3. The maximum Gasteiger partial charge on any atom is 0.193 e. The first-order valence-corrected chi connectivity index (χ1v) is 10.3. The van der Waals surface area contributed by atoms with E-state index < -0.39 is 0 Å². The zero-order valence-electron chi connectivity index (χ0n) is 18.2. The number of aliphatic imine (C=N–C) groups is 1. The summed E-state index contributed by atoms with van der Waals surface area (Å²) in [5.41, 5.74) is 1.22. The molecular formula is C22H34N6O. The molecule has 1 aromatic heterocycles. The molecule has 1 aliphatic rings. The monoisotopic (exact) mass is 398 g/mol. The summed E-state index contributed by atoms with van der Waals surface area (Å²) in [6, 6.07) is 8.90. The number of aromatic nitrogens is 2. The Morgan fingerprint density at radius 3 is 2.90 bits per heavy atom. The average molecular weight is 399 g/mol. The molecule has 0 spiro atoms. The molecule has 1 N–H and O–H groups in total. The number of ether oxygens (including phenoxy) is 1. The molecule has 0 aliphatic carbocycles. The Balaban J connectivity index is 1.68. The number of nitrogens with one attached hydrogen (secondary N) is 1. The van der Waals surface area contributed by atoms with E-state index in [2.05, 4.69) is 69.0 Å². The second-order valence-electron chi connectivity index (χ2n) is 7.97. The van der Waals surface area contributed by atoms with Gasteiger partial charge >= 0.3 is 0 Å². The van der Waals surface area contributed by atoms with E-state index in [9.17, 15) is 0 Å². The first-order valence-electron chi connectivity index (χ1n) is 10.3. The molecule has 0 bridgehead atoms. The Hall–Kier alpha value is -2.54. The minimum Gasteiger partial charge on any atom is -0.497 e. The number of hydrogen-bond acceptors (Lipinski definition) is 4. The minimum atomic E-state index is 0.218. The predicted molar refractivity (Wildman–Crippen MR) is 117 cm³/mol. The molecule has 1 saturated heterocycles. The van der Waals surface area contributed by atoms with Gasteiger partial charge in [0.25, 0.3) is 0 Å². The first-order chi connectivity index (χ1) is 14.0. The average Bonchev–Trinajstić information content (AvgIpc) is 3.26. The highest BCUT2D eigenvalue weighted by Crippen LogP contribution is 2.27. The van der Waals surface area contributed by atoms with Crippen LogP contribution >= 0.6 is 0 Å². The summed E-state index contributed by atoms with van der Waals surface area (Å²) < 4.78 is 7.63. The summed E-state index contributed by atoms with van der Waals surface area (Å²) in [5.74, 6) is 2.45. The van der Waals surface area contributed by atoms with E-state index in [0.29, 0.717) is 12.0 Å². The highest BCUT2D eigenvalue weighted by Gasteiger charge is 2.29. The largest absolute Gasteiger partial charge is 0.497 e. The van der Waals surface area contributed by atoms with Gasteiger partial charge in [0.05, 0.1) is 25.5 Å². The molecule has 158 valence electrons. The molecule has 0 saturated carbocycles. The van der Waals surface area contributed by atoms with Gasteiger partial charge in [-0.15, -0.1) is 0 Å². The van der Waals surface area contributed by atoms with Gasteiger partial charge in [-0.25, -0.2) is 4.98 Å². The predicted octanol–water partition coefficient (Wildman–Crippen LogP) is 2.65. The van der Waals surface area contributed by atoms with Crippen molar-refractivity contribution in [2.45, 2.75) is 25.4 Å². The van der Waals surface area contributed by atoms with Gasteiger partial charge in [-0.1, -0.05) is 19.1 Å². The molecule has 3 unspecified atom stereocenters. The number of likely N-dealkylation sites (tertiary alicyclic amines) is 1. The summed E-state index contributed by atoms with van der Waals surface area (Å²) in [6.45, 7) is 5.04. The molecule has 3 atom stereocenters. The Morgan fingerprint density at radius 2 is 2.24 bits per heavy atom. The standard InChI is InChI=1S/C22H34N6O/c1-17-9-11-27(15-21(17)28-12-10-24-16-28)22(23-2)25-14-20(26(3)4)18-7-6-8-19(13-18)29-5/h6-8,10,12-13,16-17,20-21H,9,11,14-15H2,1-5H3,(H,23,25). The van der Waals surface area contributed by atoms with Gasteiger partial charge in [0.1, 0.15) is 5.75 Å². The molecule has 1 aromatic carbocycles. The van der Waals surface area contributed by atoms with E-state index in [1.807, 2.05) is 31.7 Å². The summed E-state index contributed by atoms with van der Waals surface area (Å²) in [5, 5.41) is 3.61. The van der Waals surface area contributed by atoms with Crippen molar-refractivity contribution in [3.8, 4) is 5.75 Å². The van der Waals surface area contributed by atoms with Crippen LogP contribution in [0, 0.1) is 5.92 Å². The topological polar surface area (TPSA) is 57.9 Å². The van der Waals surface area contributed by atoms with Crippen LogP contribution in [-0.4, -0.2) is 73.2 Å². The van der Waals surface area contributed by atoms with Crippen LogP contribution in [0.4, 0.5) is 0 Å². The Labute approximate surface area is 174 Å². The van der Waals surface area contributed by atoms with Crippen molar-refractivity contribution in [1.82, 2.24) is 24.7 Å². The van der Waals surface area contributed by atoms with Crippen molar-refractivity contribution in [3.05, 3.63) is 48.5 Å². The first kappa shape index (κ1) is 21.2. The molecule has 0 radical (unpaired) electrons. The Morgan fingerprint density at radius 1 is 1.41 bits per heavy atom. The van der Waals surface area contributed by atoms with Crippen LogP contribution in [0.15, 0.2) is 48.0 Å². The van der Waals surface area contributed by atoms with Crippen molar-refractivity contribution in [1.29, 1.82) is 0 Å². The minimum absolute atomic E-state index is 0.218. The van der Waals surface area contributed by atoms with Crippen molar-refractivity contribution in [2.75, 3.05) is 47.9 Å². The van der Waals surface area contributed by atoms with Gasteiger partial charge in [-0.3, -0.25) is 4.99 Å². The van der Waals surface area contributed by atoms with E-state index in [4.69, 9.17) is 4.74 Å². The second-order valence-corrected chi connectivity index (χ2v) is 7.97. The van der Waals surface area contributed by atoms with Gasteiger partial charge in [0, 0.05) is 39.1 Å². The molecular weight excluding hydrogens is 364 g/mol. The van der Waals surface area contributed by atoms with Gasteiger partial charge < -0.3 is 24.4 Å². The number of likely N-dealkylation sites (N-methyl/N-ethyl adjacent to an activating group) is 1. The van der Waals surface area contributed by atoms with E-state index in [1.165, 1.54) is 5.56 Å². The van der Waals surface area contributed by atoms with Crippen molar-refractivity contribution in [2.24, 2.45) is 10.9 Å². The third-order valence-electron chi connectivity index (χ3n) is 5.89. The molecule has 29 heavy (non-hydrogen) atoms. The number of imidazole rings is 1. The van der Waals surface area contributed by atoms with Gasteiger partial charge in [-0.05, 0) is 44.1 Å². The Bertz CT molecular complexity index is 788. The highest BCUT2D eigenvalue weighted by molar-refractivity contribution is 5.80. The third-order valence-corrected chi connectivity index (χ3v) is 5.89. The Kier molecular flexibility index (Phi) is 7.14. The molecule has 7 nitrogen and oxygen atoms in total. The number of rotatable bonds is 6. The van der Waals surface area contributed by atoms with E-state index in [-0.39, 0.29) is 6.04 Å². The van der Waals surface area contributed by atoms with E-state index in [0.717, 1.165) is 37.8 Å². The summed E-state index contributed by atoms with van der Waals surface area (Å²) in [6.07, 6.45) is 6.97. The molecule has 1 fully saturated rings. The second kappa shape index (κ2) is 9.78. The smallest absolute Gasteiger partial charge is 0.193 e. The zero-order valence-corrected chi connectivity index (χ0v) is 18.2. The zero-order chi connectivity index (χ0) is 20.8. The van der Waals surface area contributed by atoms with Gasteiger partial charge in [0.15, 0.2) is 5.96 Å². The number of hydrogen-bond donors (Lipinski definition) is 1. The van der Waals surface area contributed by atoms with Crippen LogP contribution in [0.2, 0.25) is 0 Å². The van der Waals surface area contributed by atoms with Crippen LogP contribution in [0.1, 0.15) is 31.0 Å². The van der Waals surface area contributed by atoms with Gasteiger partial charge in [-0.2, -0.15) is 0 Å². The third kappa shape index (κ3) is 5.09. The summed E-state index contributed by atoms with van der Waals surface area (Å²) in [7, 11) is 7.78. The van der Waals surface area contributed by atoms with Crippen molar-refractivity contribution >= 4 is 5.96 Å². The number of benzene rings is 1. The molecule has 2 aromatic rings. The fourth-order valence-corrected chi connectivity index (χ4v) is 4.06. The van der Waals surface area contributed by atoms with Crippen LogP contribution < -0.4 is 10.1 Å². The number of methoxy groups -OCH3 is 1. The molecule has 1 aliphatic heterocycles. The van der Waals surface area contributed by atoms with E-state index in [1.54, 1.807) is 7.11 Å². The number of guanidine groups is 1. The molecule has 2 heterocycles. The van der Waals surface area contributed by atoms with Crippen LogP contribution in [0.25, 0.3) is 0 Å². The fourth-order valence-electron chi connectivity index (χ4n) is 4.06. The maximum absolute atomic E-state index is 5.41. The lowest BCUT2D eigenvalue weighted by Crippen LogP contribution is -2.50. The summed E-state index contributed by atoms with van der Waals surface area (Å²) in [4.78, 5) is 13.4. The van der Waals surface area contributed by atoms with Crippen LogP contribution in [0.3, 0.4) is 0 Å². The highest BCUT2D eigenvalue weighted by atomic mass is 16.5. The molecule has 0 amide bonds. The van der Waals surface area contributed by atoms with E-state index >= 15 is 0 Å². The summed E-state index contributed by atoms with van der Waals surface area (Å²) >= 11 is 0. The van der Waals surface area contributed by atoms with Crippen LogP contribution in [0.5, 0.6) is 5.75 Å². The van der Waals surface area contributed by atoms with Crippen molar-refractivity contribution in [3.63, 3.8) is 0 Å². The van der Waals surface area contributed by atoms with Crippen LogP contribution in [-0.2, 0) is 0 Å². The molecule has 7 heteroatoms. The maximum atomic E-state index is 5.41. The fraction of sp³-hybridized carbons (Fsp3) is 0.545. The SMILES string of the molecule is CN=C(NCC(c1cccc(OC)c1)N(C)C)N1CCC(C)C(n2ccnc2)C1. The van der Waals surface area contributed by atoms with Gasteiger partial charge in [0.2, 0.25) is 0 Å². The quantitative estimate of drug-likeness (QED) is 0.599. The molecule has 3 rings (SSSR count). The number of nitrogens with zero attached hydrogens (tertiary/aromatic N) is 5.